The van der Waals surface area contributed by atoms with Crippen LogP contribution in [0.1, 0.15) is 12.1 Å². The summed E-state index contributed by atoms with van der Waals surface area (Å²) in [6.45, 7) is 5.59. The van der Waals surface area contributed by atoms with Crippen LogP contribution in [0.5, 0.6) is 0 Å². The molecule has 1 aliphatic heterocycles. The van der Waals surface area contributed by atoms with Crippen molar-refractivity contribution < 1.29 is 9.53 Å². The molecule has 2 heterocycles. The lowest BCUT2D eigenvalue weighted by Gasteiger charge is -2.33. The number of nitrogens with zero attached hydrogens (tertiary/aromatic N) is 5. The maximum Gasteiger partial charge on any atom is 0.306 e. The van der Waals surface area contributed by atoms with Gasteiger partial charge < -0.3 is 9.64 Å². The van der Waals surface area contributed by atoms with Gasteiger partial charge in [-0.3, -0.25) is 14.4 Å². The first-order valence-electron chi connectivity index (χ1n) is 6.54. The van der Waals surface area contributed by atoms with E-state index in [1.165, 1.54) is 7.11 Å². The van der Waals surface area contributed by atoms with E-state index in [1.807, 2.05) is 13.2 Å². The Morgan fingerprint density at radius 3 is 2.58 bits per heavy atom. The Bertz CT molecular complexity index is 412. The topological polar surface area (TPSA) is 63.5 Å². The van der Waals surface area contributed by atoms with Crippen molar-refractivity contribution in [2.75, 3.05) is 39.8 Å². The number of methoxy groups -OCH3 is 1. The molecule has 19 heavy (non-hydrogen) atoms. The van der Waals surface area contributed by atoms with Crippen LogP contribution in [-0.2, 0) is 23.1 Å². The third-order valence-electron chi connectivity index (χ3n) is 3.36. The summed E-state index contributed by atoms with van der Waals surface area (Å²) in [6.07, 6.45) is 2.42. The van der Waals surface area contributed by atoms with Gasteiger partial charge in [-0.1, -0.05) is 5.21 Å². The first kappa shape index (κ1) is 14.0. The molecule has 7 nitrogen and oxygen atoms in total. The summed E-state index contributed by atoms with van der Waals surface area (Å²) in [7, 11) is 3.31. The number of aromatic nitrogens is 3. The smallest absolute Gasteiger partial charge is 0.306 e. The van der Waals surface area contributed by atoms with E-state index in [4.69, 9.17) is 0 Å². The zero-order valence-corrected chi connectivity index (χ0v) is 11.6. The van der Waals surface area contributed by atoms with Gasteiger partial charge >= 0.3 is 5.97 Å². The molecule has 1 saturated heterocycles. The maximum atomic E-state index is 11.1. The Morgan fingerprint density at radius 2 is 2.00 bits per heavy atom. The normalized spacial score (nSPS) is 17.6. The Kier molecular flexibility index (Phi) is 4.86. The predicted molar refractivity (Wildman–Crippen MR) is 69.4 cm³/mol. The minimum atomic E-state index is -0.137. The van der Waals surface area contributed by atoms with E-state index >= 15 is 0 Å². The average Bonchev–Trinajstić information content (AvgIpc) is 2.83. The summed E-state index contributed by atoms with van der Waals surface area (Å²) >= 11 is 0. The van der Waals surface area contributed by atoms with Crippen molar-refractivity contribution in [3.8, 4) is 0 Å². The molecule has 1 aromatic heterocycles. The zero-order valence-electron chi connectivity index (χ0n) is 11.6. The van der Waals surface area contributed by atoms with E-state index in [0.29, 0.717) is 6.42 Å². The van der Waals surface area contributed by atoms with Crippen molar-refractivity contribution in [3.63, 3.8) is 0 Å². The van der Waals surface area contributed by atoms with Crippen LogP contribution in [0, 0.1) is 0 Å². The second-order valence-electron chi connectivity index (χ2n) is 4.83. The molecule has 0 bridgehead atoms. The number of hydrogen-bond donors (Lipinski definition) is 0. The highest BCUT2D eigenvalue weighted by Crippen LogP contribution is 2.06. The van der Waals surface area contributed by atoms with Crippen LogP contribution in [0.25, 0.3) is 0 Å². The molecule has 7 heteroatoms. The highest BCUT2D eigenvalue weighted by molar-refractivity contribution is 5.69. The van der Waals surface area contributed by atoms with Gasteiger partial charge in [0.25, 0.3) is 0 Å². The van der Waals surface area contributed by atoms with Crippen LogP contribution in [0.15, 0.2) is 6.20 Å². The summed E-state index contributed by atoms with van der Waals surface area (Å²) in [5, 5.41) is 8.03. The Hall–Kier alpha value is -1.47. The molecule has 0 amide bonds. The van der Waals surface area contributed by atoms with Gasteiger partial charge in [0.15, 0.2) is 0 Å². The maximum absolute atomic E-state index is 11.1. The molecule has 0 atom stereocenters. The van der Waals surface area contributed by atoms with Gasteiger partial charge in [-0.15, -0.1) is 5.10 Å². The molecule has 0 aromatic carbocycles. The average molecular weight is 267 g/mol. The fourth-order valence-electron chi connectivity index (χ4n) is 2.22. The summed E-state index contributed by atoms with van der Waals surface area (Å²) in [4.78, 5) is 15.7. The molecule has 0 N–H and O–H groups in total. The molecule has 2 rings (SSSR count). The molecule has 1 fully saturated rings. The SMILES string of the molecule is COC(=O)CCN1CCN(Cc2cn(C)nn2)CC1. The summed E-state index contributed by atoms with van der Waals surface area (Å²) in [5.74, 6) is -0.137. The molecule has 0 radical (unpaired) electrons. The lowest BCUT2D eigenvalue weighted by atomic mass is 10.2. The quantitative estimate of drug-likeness (QED) is 0.670. The Labute approximate surface area is 113 Å². The summed E-state index contributed by atoms with van der Waals surface area (Å²) < 4.78 is 6.37. The minimum absolute atomic E-state index is 0.137. The van der Waals surface area contributed by atoms with E-state index in [0.717, 1.165) is 45.0 Å². The van der Waals surface area contributed by atoms with Crippen molar-refractivity contribution in [1.29, 1.82) is 0 Å². The van der Waals surface area contributed by atoms with E-state index in [2.05, 4.69) is 24.8 Å². The standard InChI is InChI=1S/C12H21N5O2/c1-15-9-11(13-14-15)10-17-7-5-16(6-8-17)4-3-12(18)19-2/h9H,3-8,10H2,1-2H3. The first-order valence-corrected chi connectivity index (χ1v) is 6.54. The third kappa shape index (κ3) is 4.29. The second kappa shape index (κ2) is 6.63. The van der Waals surface area contributed by atoms with Gasteiger partial charge in [-0.05, 0) is 0 Å². The first-order chi connectivity index (χ1) is 9.17. The second-order valence-corrected chi connectivity index (χ2v) is 4.83. The Balaban J connectivity index is 1.69. The van der Waals surface area contributed by atoms with Crippen molar-refractivity contribution in [3.05, 3.63) is 11.9 Å². The molecular weight excluding hydrogens is 246 g/mol. The van der Waals surface area contributed by atoms with E-state index in [9.17, 15) is 4.79 Å². The molecule has 0 saturated carbocycles. The number of piperazine rings is 1. The summed E-state index contributed by atoms with van der Waals surface area (Å²) in [5.41, 5.74) is 1.01. The number of rotatable bonds is 5. The molecule has 0 unspecified atom stereocenters. The fraction of sp³-hybridized carbons (Fsp3) is 0.750. The lowest BCUT2D eigenvalue weighted by molar-refractivity contribution is -0.141. The van der Waals surface area contributed by atoms with Gasteiger partial charge in [-0.25, -0.2) is 0 Å². The number of hydrogen-bond acceptors (Lipinski definition) is 6. The minimum Gasteiger partial charge on any atom is -0.469 e. The van der Waals surface area contributed by atoms with Crippen LogP contribution >= 0.6 is 0 Å². The molecular formula is C12H21N5O2. The third-order valence-corrected chi connectivity index (χ3v) is 3.36. The van der Waals surface area contributed by atoms with Gasteiger partial charge in [0.2, 0.25) is 0 Å². The number of carbonyl (C=O) groups is 1. The van der Waals surface area contributed by atoms with E-state index in [-0.39, 0.29) is 5.97 Å². The van der Waals surface area contributed by atoms with Crippen molar-refractivity contribution in [2.45, 2.75) is 13.0 Å². The van der Waals surface area contributed by atoms with E-state index < -0.39 is 0 Å². The van der Waals surface area contributed by atoms with Crippen LogP contribution in [0.4, 0.5) is 0 Å². The highest BCUT2D eigenvalue weighted by Gasteiger charge is 2.18. The van der Waals surface area contributed by atoms with Crippen LogP contribution in [0.3, 0.4) is 0 Å². The number of esters is 1. The number of carbonyl (C=O) groups excluding carboxylic acids is 1. The summed E-state index contributed by atoms with van der Waals surface area (Å²) in [6, 6.07) is 0. The predicted octanol–water partition coefficient (Wildman–Crippen LogP) is -0.504. The molecule has 1 aliphatic rings. The lowest BCUT2D eigenvalue weighted by Crippen LogP contribution is -2.46. The van der Waals surface area contributed by atoms with Crippen molar-refractivity contribution in [2.24, 2.45) is 7.05 Å². The number of ether oxygens (including phenoxy) is 1. The zero-order chi connectivity index (χ0) is 13.7. The van der Waals surface area contributed by atoms with Gasteiger partial charge in [0.1, 0.15) is 0 Å². The van der Waals surface area contributed by atoms with E-state index in [1.54, 1.807) is 4.68 Å². The molecule has 0 aliphatic carbocycles. The van der Waals surface area contributed by atoms with Crippen molar-refractivity contribution in [1.82, 2.24) is 24.8 Å². The monoisotopic (exact) mass is 267 g/mol. The van der Waals surface area contributed by atoms with Crippen LogP contribution in [-0.4, -0.2) is 70.6 Å². The molecule has 1 aromatic rings. The number of aryl methyl sites for hydroxylation is 1. The van der Waals surface area contributed by atoms with Crippen LogP contribution < -0.4 is 0 Å². The Morgan fingerprint density at radius 1 is 1.32 bits per heavy atom. The van der Waals surface area contributed by atoms with Gasteiger partial charge in [0, 0.05) is 52.5 Å². The highest BCUT2D eigenvalue weighted by atomic mass is 16.5. The largest absolute Gasteiger partial charge is 0.469 e. The molecule has 0 spiro atoms. The molecule has 106 valence electrons. The van der Waals surface area contributed by atoms with Crippen molar-refractivity contribution >= 4 is 5.97 Å². The van der Waals surface area contributed by atoms with Gasteiger partial charge in [-0.2, -0.15) is 0 Å². The fourth-order valence-corrected chi connectivity index (χ4v) is 2.22. The van der Waals surface area contributed by atoms with Gasteiger partial charge in [0.05, 0.1) is 19.2 Å². The van der Waals surface area contributed by atoms with Crippen LogP contribution in [0.2, 0.25) is 0 Å².